The van der Waals surface area contributed by atoms with Gasteiger partial charge in [-0.2, -0.15) is 0 Å². The van der Waals surface area contributed by atoms with Crippen LogP contribution in [0.4, 0.5) is 4.39 Å². The Labute approximate surface area is 194 Å². The summed E-state index contributed by atoms with van der Waals surface area (Å²) in [6.45, 7) is 5.49. The number of benzene rings is 2. The predicted octanol–water partition coefficient (Wildman–Crippen LogP) is 5.53. The second-order valence-electron chi connectivity index (χ2n) is 7.46. The molecule has 4 aromatic rings. The number of rotatable bonds is 7. The van der Waals surface area contributed by atoms with Gasteiger partial charge in [-0.3, -0.25) is 4.79 Å². The Balaban J connectivity index is 1.60. The van der Waals surface area contributed by atoms with Crippen LogP contribution in [0.1, 0.15) is 39.0 Å². The van der Waals surface area contributed by atoms with Gasteiger partial charge < -0.3 is 9.72 Å². The van der Waals surface area contributed by atoms with Crippen LogP contribution in [0.3, 0.4) is 0 Å². The largest absolute Gasteiger partial charge is 0.462 e. The maximum Gasteiger partial charge on any atom is 0.340 e. The van der Waals surface area contributed by atoms with Crippen LogP contribution in [0, 0.1) is 19.7 Å². The van der Waals surface area contributed by atoms with Crippen LogP contribution in [0.25, 0.3) is 22.0 Å². The minimum Gasteiger partial charge on any atom is -0.462 e. The highest BCUT2D eigenvalue weighted by atomic mass is 32.2. The summed E-state index contributed by atoms with van der Waals surface area (Å²) in [5, 5.41) is 11.1. The molecule has 0 radical (unpaired) electrons. The fourth-order valence-corrected chi connectivity index (χ4v) is 4.60. The van der Waals surface area contributed by atoms with Gasteiger partial charge >= 0.3 is 5.97 Å². The van der Waals surface area contributed by atoms with Crippen molar-refractivity contribution in [1.29, 1.82) is 0 Å². The number of hydrogen-bond acceptors (Lipinski definition) is 6. The number of ether oxygens (including phenoxy) is 1. The Bertz CT molecular complexity index is 1350. The number of aromatic amines is 1. The molecule has 0 spiro atoms. The number of aryl methyl sites for hydroxylation is 1. The lowest BCUT2D eigenvalue weighted by molar-refractivity contribution is 0.0525. The van der Waals surface area contributed by atoms with Gasteiger partial charge in [0.15, 0.2) is 5.78 Å². The van der Waals surface area contributed by atoms with Crippen molar-refractivity contribution >= 4 is 34.3 Å². The molecule has 168 valence electrons. The van der Waals surface area contributed by atoms with E-state index in [0.29, 0.717) is 33.2 Å². The predicted molar refractivity (Wildman–Crippen MR) is 126 cm³/mol. The molecule has 0 aliphatic rings. The lowest BCUT2D eigenvalue weighted by Crippen LogP contribution is -2.08. The third-order valence-corrected chi connectivity index (χ3v) is 6.29. The van der Waals surface area contributed by atoms with E-state index in [4.69, 9.17) is 4.74 Å². The van der Waals surface area contributed by atoms with E-state index in [1.165, 1.54) is 23.9 Å². The topological polar surface area (TPSA) is 84.9 Å². The van der Waals surface area contributed by atoms with Crippen LogP contribution in [0.15, 0.2) is 53.6 Å². The molecule has 0 bridgehead atoms. The van der Waals surface area contributed by atoms with E-state index < -0.39 is 5.97 Å². The summed E-state index contributed by atoms with van der Waals surface area (Å²) in [4.78, 5) is 28.2. The molecule has 0 amide bonds. The van der Waals surface area contributed by atoms with Crippen LogP contribution in [-0.2, 0) is 4.74 Å². The van der Waals surface area contributed by atoms with Crippen molar-refractivity contribution in [3.05, 3.63) is 76.9 Å². The minimum atomic E-state index is -0.441. The molecule has 0 fully saturated rings. The number of H-pyrrole nitrogens is 1. The van der Waals surface area contributed by atoms with Gasteiger partial charge in [-0.15, -0.1) is 10.2 Å². The molecule has 2 aromatic carbocycles. The van der Waals surface area contributed by atoms with Crippen molar-refractivity contribution in [2.24, 2.45) is 0 Å². The fourth-order valence-electron chi connectivity index (χ4n) is 3.75. The monoisotopic (exact) mass is 463 g/mol. The number of Topliss-reactive ketones (excluding diaryl/α,β-unsaturated/α-hetero) is 1. The molecule has 8 heteroatoms. The molecule has 6 nitrogen and oxygen atoms in total. The Morgan fingerprint density at radius 3 is 2.42 bits per heavy atom. The van der Waals surface area contributed by atoms with Gasteiger partial charge in [-0.1, -0.05) is 36.0 Å². The fraction of sp³-hybridized carbons (Fsp3) is 0.200. The maximum absolute atomic E-state index is 13.3. The number of carbonyl (C=O) groups is 2. The molecule has 0 unspecified atom stereocenters. The van der Waals surface area contributed by atoms with E-state index in [0.717, 1.165) is 16.3 Å². The molecule has 0 aliphatic carbocycles. The average molecular weight is 464 g/mol. The van der Waals surface area contributed by atoms with E-state index in [1.54, 1.807) is 32.9 Å². The number of fused-ring (bicyclic) bond motifs is 1. The Morgan fingerprint density at radius 1 is 1.03 bits per heavy atom. The second kappa shape index (κ2) is 9.54. The normalized spacial score (nSPS) is 11.0. The maximum atomic E-state index is 13.3. The highest BCUT2D eigenvalue weighted by molar-refractivity contribution is 8.00. The molecule has 0 aliphatic heterocycles. The molecule has 1 N–H and O–H groups in total. The highest BCUT2D eigenvalue weighted by Gasteiger charge is 2.23. The number of thioether (sulfide) groups is 1. The Kier molecular flexibility index (Phi) is 6.55. The molecule has 0 saturated heterocycles. The first-order valence-corrected chi connectivity index (χ1v) is 11.4. The summed E-state index contributed by atoms with van der Waals surface area (Å²) < 4.78 is 18.4. The van der Waals surface area contributed by atoms with Crippen LogP contribution < -0.4 is 0 Å². The first-order valence-electron chi connectivity index (χ1n) is 10.4. The highest BCUT2D eigenvalue weighted by Crippen LogP contribution is 2.32. The third-order valence-electron chi connectivity index (χ3n) is 5.31. The van der Waals surface area contributed by atoms with Crippen molar-refractivity contribution < 1.29 is 18.7 Å². The number of aromatic nitrogens is 3. The first kappa shape index (κ1) is 22.7. The minimum absolute atomic E-state index is 0.123. The summed E-state index contributed by atoms with van der Waals surface area (Å²) >= 11 is 1.28. The smallest absolute Gasteiger partial charge is 0.340 e. The van der Waals surface area contributed by atoms with Crippen molar-refractivity contribution in [3.63, 3.8) is 0 Å². The number of nitrogens with zero attached hydrogens (tertiary/aromatic N) is 2. The standard InChI is InChI=1S/C25H22FN3O3S/c1-4-32-25(31)21-14(2)22(27-15(21)3)20(30)13-33-24-19-8-6-5-7-18(19)23(28-29-24)16-9-11-17(26)12-10-16/h5-12,27H,4,13H2,1-3H3. The van der Waals surface area contributed by atoms with E-state index in [2.05, 4.69) is 15.2 Å². The van der Waals surface area contributed by atoms with Crippen LogP contribution in [0.5, 0.6) is 0 Å². The summed E-state index contributed by atoms with van der Waals surface area (Å²) in [6, 6.07) is 13.8. The lowest BCUT2D eigenvalue weighted by Gasteiger charge is -2.09. The molecule has 2 aromatic heterocycles. The van der Waals surface area contributed by atoms with Gasteiger partial charge in [-0.25, -0.2) is 9.18 Å². The zero-order valence-corrected chi connectivity index (χ0v) is 19.3. The molecular weight excluding hydrogens is 441 g/mol. The molecule has 33 heavy (non-hydrogen) atoms. The number of halogens is 1. The molecule has 4 rings (SSSR count). The van der Waals surface area contributed by atoms with E-state index in [9.17, 15) is 14.0 Å². The average Bonchev–Trinajstić information content (AvgIpc) is 3.12. The van der Waals surface area contributed by atoms with Gasteiger partial charge in [0.25, 0.3) is 0 Å². The summed E-state index contributed by atoms with van der Waals surface area (Å²) in [6.07, 6.45) is 0. The van der Waals surface area contributed by atoms with Crippen molar-refractivity contribution in [2.45, 2.75) is 25.8 Å². The van der Waals surface area contributed by atoms with Gasteiger partial charge in [-0.05, 0) is 50.6 Å². The quantitative estimate of drug-likeness (QED) is 0.220. The van der Waals surface area contributed by atoms with Gasteiger partial charge in [0.1, 0.15) is 16.5 Å². The molecule has 0 saturated carbocycles. The lowest BCUT2D eigenvalue weighted by atomic mass is 10.1. The van der Waals surface area contributed by atoms with Gasteiger partial charge in [0.05, 0.1) is 23.6 Å². The summed E-state index contributed by atoms with van der Waals surface area (Å²) in [5.41, 5.74) is 3.39. The number of esters is 1. The van der Waals surface area contributed by atoms with Gasteiger partial charge in [0.2, 0.25) is 0 Å². The zero-order valence-electron chi connectivity index (χ0n) is 18.4. The molecule has 0 atom stereocenters. The third kappa shape index (κ3) is 4.52. The van der Waals surface area contributed by atoms with Gasteiger partial charge in [0, 0.05) is 22.0 Å². The molecule has 2 heterocycles. The van der Waals surface area contributed by atoms with Crippen LogP contribution in [0.2, 0.25) is 0 Å². The number of carbonyl (C=O) groups excluding carboxylic acids is 2. The van der Waals surface area contributed by atoms with E-state index in [1.807, 2.05) is 24.3 Å². The van der Waals surface area contributed by atoms with E-state index >= 15 is 0 Å². The summed E-state index contributed by atoms with van der Waals surface area (Å²) in [7, 11) is 0. The molecular formula is C25H22FN3O3S. The van der Waals surface area contributed by atoms with Crippen molar-refractivity contribution in [2.75, 3.05) is 12.4 Å². The Morgan fingerprint density at radius 2 is 1.73 bits per heavy atom. The van der Waals surface area contributed by atoms with E-state index in [-0.39, 0.29) is 24.0 Å². The Hall–Kier alpha value is -3.52. The van der Waals surface area contributed by atoms with Crippen molar-refractivity contribution in [1.82, 2.24) is 15.2 Å². The summed E-state index contributed by atoms with van der Waals surface area (Å²) in [5.74, 6) is -0.784. The first-order chi connectivity index (χ1) is 15.9. The second-order valence-corrected chi connectivity index (χ2v) is 8.43. The van der Waals surface area contributed by atoms with Crippen LogP contribution in [-0.4, -0.2) is 39.3 Å². The number of hydrogen-bond donors (Lipinski definition) is 1. The van der Waals surface area contributed by atoms with Crippen LogP contribution >= 0.6 is 11.8 Å². The van der Waals surface area contributed by atoms with Crippen molar-refractivity contribution in [3.8, 4) is 11.3 Å². The number of nitrogens with one attached hydrogen (secondary N) is 1. The number of ketones is 1. The SMILES string of the molecule is CCOC(=O)c1c(C)[nH]c(C(=O)CSc2nnc(-c3ccc(F)cc3)c3ccccc23)c1C. The zero-order chi connectivity index (χ0) is 23.5.